The Morgan fingerprint density at radius 1 is 1.29 bits per heavy atom. The number of nitrogens with zero attached hydrogens (tertiary/aromatic N) is 1. The maximum atomic E-state index is 13.4. The molecule has 7 heteroatoms. The van der Waals surface area contributed by atoms with Gasteiger partial charge in [-0.1, -0.05) is 13.8 Å². The quantitative estimate of drug-likeness (QED) is 0.565. The lowest BCUT2D eigenvalue weighted by molar-refractivity contribution is 0.300. The molecule has 21 heavy (non-hydrogen) atoms. The molecule has 0 aromatic heterocycles. The fourth-order valence-electron chi connectivity index (χ4n) is 2.05. The molecule has 120 valence electrons. The second-order valence-electron chi connectivity index (χ2n) is 4.92. The summed E-state index contributed by atoms with van der Waals surface area (Å²) >= 11 is 0. The van der Waals surface area contributed by atoms with E-state index in [1.165, 1.54) is 13.0 Å². The van der Waals surface area contributed by atoms with Gasteiger partial charge in [0, 0.05) is 6.54 Å². The summed E-state index contributed by atoms with van der Waals surface area (Å²) in [4.78, 5) is 2.22. The van der Waals surface area contributed by atoms with Crippen molar-refractivity contribution in [2.24, 2.45) is 0 Å². The summed E-state index contributed by atoms with van der Waals surface area (Å²) in [6.45, 7) is 8.68. The number of nitrogens with two attached hydrogens (primary N) is 1. The van der Waals surface area contributed by atoms with Gasteiger partial charge in [-0.2, -0.15) is 0 Å². The van der Waals surface area contributed by atoms with E-state index in [-0.39, 0.29) is 16.1 Å². The smallest absolute Gasteiger partial charge is 0.240 e. The van der Waals surface area contributed by atoms with Gasteiger partial charge in [-0.15, -0.1) is 0 Å². The number of halogens is 1. The first-order valence-electron chi connectivity index (χ1n) is 7.09. The third-order valence-corrected chi connectivity index (χ3v) is 4.84. The molecule has 0 fully saturated rings. The zero-order valence-corrected chi connectivity index (χ0v) is 13.6. The minimum Gasteiger partial charge on any atom is -0.396 e. The first-order chi connectivity index (χ1) is 9.81. The van der Waals surface area contributed by atoms with Gasteiger partial charge in [0.05, 0.1) is 10.6 Å². The Balaban J connectivity index is 2.66. The summed E-state index contributed by atoms with van der Waals surface area (Å²) < 4.78 is 40.2. The highest BCUT2D eigenvalue weighted by Crippen LogP contribution is 2.20. The first-order valence-corrected chi connectivity index (χ1v) is 8.57. The van der Waals surface area contributed by atoms with E-state index < -0.39 is 15.8 Å². The van der Waals surface area contributed by atoms with Crippen molar-refractivity contribution in [3.63, 3.8) is 0 Å². The summed E-state index contributed by atoms with van der Waals surface area (Å²) in [5, 5.41) is 0. The van der Waals surface area contributed by atoms with Gasteiger partial charge in [-0.3, -0.25) is 0 Å². The Morgan fingerprint density at radius 2 is 1.90 bits per heavy atom. The molecule has 5 nitrogen and oxygen atoms in total. The maximum absolute atomic E-state index is 13.4. The SMILES string of the molecule is CCN(CC)CCCNS(=O)(=O)c1cc(C)c(F)c(N)c1. The van der Waals surface area contributed by atoms with Gasteiger partial charge in [0.25, 0.3) is 0 Å². The van der Waals surface area contributed by atoms with Crippen LogP contribution in [0.5, 0.6) is 0 Å². The molecule has 1 aromatic rings. The van der Waals surface area contributed by atoms with Gasteiger partial charge in [0.15, 0.2) is 0 Å². The van der Waals surface area contributed by atoms with E-state index in [9.17, 15) is 12.8 Å². The van der Waals surface area contributed by atoms with Gasteiger partial charge in [0.1, 0.15) is 5.82 Å². The Labute approximate surface area is 126 Å². The van der Waals surface area contributed by atoms with Crippen molar-refractivity contribution in [1.29, 1.82) is 0 Å². The molecule has 1 rings (SSSR count). The number of hydrogen-bond acceptors (Lipinski definition) is 4. The van der Waals surface area contributed by atoms with Crippen LogP contribution in [-0.2, 0) is 10.0 Å². The Kier molecular flexibility index (Phi) is 6.57. The van der Waals surface area contributed by atoms with E-state index in [2.05, 4.69) is 23.5 Å². The van der Waals surface area contributed by atoms with Crippen molar-refractivity contribution in [3.8, 4) is 0 Å². The molecular formula is C14H24FN3O2S. The van der Waals surface area contributed by atoms with Crippen LogP contribution in [-0.4, -0.2) is 39.5 Å². The van der Waals surface area contributed by atoms with Crippen LogP contribution in [0.2, 0.25) is 0 Å². The molecule has 0 unspecified atom stereocenters. The van der Waals surface area contributed by atoms with Crippen LogP contribution in [0.15, 0.2) is 17.0 Å². The summed E-state index contributed by atoms with van der Waals surface area (Å²) in [7, 11) is -3.65. The number of nitrogen functional groups attached to an aromatic ring is 1. The lowest BCUT2D eigenvalue weighted by atomic mass is 10.2. The van der Waals surface area contributed by atoms with Crippen LogP contribution in [0.3, 0.4) is 0 Å². The molecule has 0 heterocycles. The van der Waals surface area contributed by atoms with Crippen LogP contribution in [0.4, 0.5) is 10.1 Å². The molecule has 0 radical (unpaired) electrons. The molecule has 0 atom stereocenters. The molecule has 0 saturated heterocycles. The predicted molar refractivity (Wildman–Crippen MR) is 83.1 cm³/mol. The first kappa shape index (κ1) is 17.9. The Morgan fingerprint density at radius 3 is 2.43 bits per heavy atom. The molecule has 0 aliphatic carbocycles. The zero-order valence-electron chi connectivity index (χ0n) is 12.8. The van der Waals surface area contributed by atoms with E-state index in [1.54, 1.807) is 0 Å². The molecular weight excluding hydrogens is 293 g/mol. The molecule has 0 aliphatic heterocycles. The predicted octanol–water partition coefficient (Wildman–Crippen LogP) is 1.73. The largest absolute Gasteiger partial charge is 0.396 e. The number of benzene rings is 1. The topological polar surface area (TPSA) is 75.4 Å². The number of sulfonamides is 1. The van der Waals surface area contributed by atoms with E-state index in [4.69, 9.17) is 5.73 Å². The van der Waals surface area contributed by atoms with Crippen molar-refractivity contribution < 1.29 is 12.8 Å². The molecule has 3 N–H and O–H groups in total. The number of rotatable bonds is 8. The second kappa shape index (κ2) is 7.72. The van der Waals surface area contributed by atoms with E-state index in [0.717, 1.165) is 32.1 Å². The van der Waals surface area contributed by atoms with Gasteiger partial charge < -0.3 is 10.6 Å². The number of nitrogens with one attached hydrogen (secondary N) is 1. The fourth-order valence-corrected chi connectivity index (χ4v) is 3.24. The lowest BCUT2D eigenvalue weighted by Crippen LogP contribution is -2.30. The molecule has 1 aromatic carbocycles. The normalized spacial score (nSPS) is 12.0. The molecule has 0 bridgehead atoms. The molecule has 0 aliphatic rings. The highest BCUT2D eigenvalue weighted by Gasteiger charge is 2.16. The summed E-state index contributed by atoms with van der Waals surface area (Å²) in [5.41, 5.74) is 5.54. The number of aryl methyl sites for hydroxylation is 1. The lowest BCUT2D eigenvalue weighted by Gasteiger charge is -2.17. The summed E-state index contributed by atoms with van der Waals surface area (Å²) in [5.74, 6) is -0.574. The number of hydrogen-bond donors (Lipinski definition) is 2. The monoisotopic (exact) mass is 317 g/mol. The van der Waals surface area contributed by atoms with E-state index >= 15 is 0 Å². The van der Waals surface area contributed by atoms with Crippen molar-refractivity contribution in [2.45, 2.75) is 32.1 Å². The molecule has 0 spiro atoms. The van der Waals surface area contributed by atoms with Crippen molar-refractivity contribution in [3.05, 3.63) is 23.5 Å². The standard InChI is InChI=1S/C14H24FN3O2S/c1-4-18(5-2)8-6-7-17-21(19,20)12-9-11(3)14(15)13(16)10-12/h9-10,17H,4-8,16H2,1-3H3. The van der Waals surface area contributed by atoms with Gasteiger partial charge in [-0.25, -0.2) is 17.5 Å². The highest BCUT2D eigenvalue weighted by atomic mass is 32.2. The third kappa shape index (κ3) is 4.94. The van der Waals surface area contributed by atoms with E-state index in [0.29, 0.717) is 6.54 Å². The fraction of sp³-hybridized carbons (Fsp3) is 0.571. The van der Waals surface area contributed by atoms with Crippen LogP contribution in [0.25, 0.3) is 0 Å². The maximum Gasteiger partial charge on any atom is 0.240 e. The van der Waals surface area contributed by atoms with Crippen molar-refractivity contribution >= 4 is 15.7 Å². The zero-order chi connectivity index (χ0) is 16.0. The van der Waals surface area contributed by atoms with Gasteiger partial charge >= 0.3 is 0 Å². The number of anilines is 1. The summed E-state index contributed by atoms with van der Waals surface area (Å²) in [6.07, 6.45) is 0.719. The van der Waals surface area contributed by atoms with Crippen molar-refractivity contribution in [1.82, 2.24) is 9.62 Å². The molecule has 0 amide bonds. The van der Waals surface area contributed by atoms with Crippen LogP contribution < -0.4 is 10.5 Å². The average molecular weight is 317 g/mol. The van der Waals surface area contributed by atoms with Crippen LogP contribution >= 0.6 is 0 Å². The highest BCUT2D eigenvalue weighted by molar-refractivity contribution is 7.89. The summed E-state index contributed by atoms with van der Waals surface area (Å²) in [6, 6.07) is 2.44. The van der Waals surface area contributed by atoms with Crippen LogP contribution in [0.1, 0.15) is 25.8 Å². The minimum atomic E-state index is -3.65. The average Bonchev–Trinajstić information content (AvgIpc) is 2.44. The Bertz CT molecular complexity index is 549. The van der Waals surface area contributed by atoms with Gasteiger partial charge in [-0.05, 0) is 50.7 Å². The second-order valence-corrected chi connectivity index (χ2v) is 6.69. The molecule has 0 saturated carbocycles. The minimum absolute atomic E-state index is 0.00161. The van der Waals surface area contributed by atoms with Crippen LogP contribution in [0, 0.1) is 12.7 Å². The van der Waals surface area contributed by atoms with Gasteiger partial charge in [0.2, 0.25) is 10.0 Å². The third-order valence-electron chi connectivity index (χ3n) is 3.40. The van der Waals surface area contributed by atoms with Crippen molar-refractivity contribution in [2.75, 3.05) is 31.9 Å². The van der Waals surface area contributed by atoms with E-state index in [1.807, 2.05) is 0 Å². The Hall–Kier alpha value is -1.18.